The average molecular weight is 438 g/mol. The number of aromatic carboxylic acids is 2. The van der Waals surface area contributed by atoms with Gasteiger partial charge in [-0.1, -0.05) is 18.2 Å². The second-order valence-electron chi connectivity index (χ2n) is 7.19. The molecule has 5 N–H and O–H groups in total. The first kappa shape index (κ1) is 22.4. The van der Waals surface area contributed by atoms with E-state index in [0.717, 1.165) is 11.1 Å². The zero-order valence-corrected chi connectivity index (χ0v) is 17.7. The molecular weight excluding hydrogens is 416 g/mol. The summed E-state index contributed by atoms with van der Waals surface area (Å²) in [5.74, 6) is -2.37. The van der Waals surface area contributed by atoms with Crippen LogP contribution in [0.3, 0.4) is 0 Å². The van der Waals surface area contributed by atoms with E-state index in [-0.39, 0.29) is 17.7 Å². The Kier molecular flexibility index (Phi) is 6.20. The maximum atomic E-state index is 12.3. The first-order valence-electron chi connectivity index (χ1n) is 9.53. The van der Waals surface area contributed by atoms with Crippen molar-refractivity contribution in [2.75, 3.05) is 12.8 Å². The van der Waals surface area contributed by atoms with Crippen LogP contribution in [-0.2, 0) is 6.61 Å². The van der Waals surface area contributed by atoms with Gasteiger partial charge < -0.3 is 30.4 Å². The first-order valence-corrected chi connectivity index (χ1v) is 9.53. The molecule has 0 aliphatic rings. The number of carboxylic acid groups (broad SMARTS) is 2. The van der Waals surface area contributed by atoms with Crippen LogP contribution in [0.5, 0.6) is 11.5 Å². The molecule has 0 aliphatic heterocycles. The van der Waals surface area contributed by atoms with Crippen molar-refractivity contribution in [2.24, 2.45) is 0 Å². The molecule has 2 aromatic carbocycles. The van der Waals surface area contributed by atoms with Crippen molar-refractivity contribution in [1.82, 2.24) is 4.98 Å². The van der Waals surface area contributed by atoms with Gasteiger partial charge in [-0.3, -0.25) is 4.79 Å². The lowest BCUT2D eigenvalue weighted by molar-refractivity contribution is 0.0695. The van der Waals surface area contributed by atoms with Gasteiger partial charge in [-0.15, -0.1) is 0 Å². The fourth-order valence-electron chi connectivity index (χ4n) is 3.40. The van der Waals surface area contributed by atoms with E-state index in [1.807, 2.05) is 32.0 Å². The number of aryl methyl sites for hydroxylation is 2. The Morgan fingerprint density at radius 2 is 1.69 bits per heavy atom. The number of aromatic nitrogens is 1. The molecule has 0 atom stereocenters. The van der Waals surface area contributed by atoms with Crippen molar-refractivity contribution < 1.29 is 29.3 Å². The Balaban J connectivity index is 2.17. The summed E-state index contributed by atoms with van der Waals surface area (Å²) in [7, 11) is 1.47. The second-order valence-corrected chi connectivity index (χ2v) is 7.19. The molecule has 0 unspecified atom stereocenters. The van der Waals surface area contributed by atoms with E-state index in [9.17, 15) is 24.6 Å². The van der Waals surface area contributed by atoms with Crippen LogP contribution in [0.15, 0.2) is 41.2 Å². The molecule has 3 aromatic rings. The van der Waals surface area contributed by atoms with E-state index < -0.39 is 34.4 Å². The molecule has 32 heavy (non-hydrogen) atoms. The SMILES string of the molecule is COc1ccc(-c2c(C(=O)O)c(N)[nH]c(=O)c2C(=O)O)cc1COc1cc(C)ccc1C. The largest absolute Gasteiger partial charge is 0.496 e. The molecule has 0 bridgehead atoms. The summed E-state index contributed by atoms with van der Waals surface area (Å²) in [5, 5.41) is 19.2. The standard InChI is InChI=1S/C23H22N2O7/c1-11-4-5-12(2)16(8-11)32-10-14-9-13(6-7-15(14)31-3)17-18(22(27)28)20(24)25-21(26)19(17)23(29)30/h4-9H,10H2,1-3H3,(H,27,28)(H,29,30)(H3,24,25,26). The highest BCUT2D eigenvalue weighted by Gasteiger charge is 2.27. The molecule has 0 fully saturated rings. The second kappa shape index (κ2) is 8.84. The molecule has 0 radical (unpaired) electrons. The molecule has 0 saturated heterocycles. The Hall–Kier alpha value is -4.27. The number of ether oxygens (including phenoxy) is 2. The lowest BCUT2D eigenvalue weighted by Crippen LogP contribution is -2.24. The van der Waals surface area contributed by atoms with Crippen LogP contribution in [0.25, 0.3) is 11.1 Å². The Morgan fingerprint density at radius 3 is 2.31 bits per heavy atom. The fourth-order valence-corrected chi connectivity index (χ4v) is 3.40. The highest BCUT2D eigenvalue weighted by Crippen LogP contribution is 2.33. The predicted molar refractivity (Wildman–Crippen MR) is 118 cm³/mol. The number of aromatic amines is 1. The smallest absolute Gasteiger partial charge is 0.342 e. The minimum absolute atomic E-state index is 0.0603. The van der Waals surface area contributed by atoms with Gasteiger partial charge in [0, 0.05) is 11.1 Å². The molecule has 1 heterocycles. The fraction of sp³-hybridized carbons (Fsp3) is 0.174. The van der Waals surface area contributed by atoms with Crippen molar-refractivity contribution in [3.8, 4) is 22.6 Å². The average Bonchev–Trinajstić information content (AvgIpc) is 2.72. The van der Waals surface area contributed by atoms with E-state index in [4.69, 9.17) is 15.2 Å². The number of anilines is 1. The van der Waals surface area contributed by atoms with Crippen LogP contribution in [0.4, 0.5) is 5.82 Å². The number of methoxy groups -OCH3 is 1. The zero-order chi connectivity index (χ0) is 23.6. The molecule has 9 nitrogen and oxygen atoms in total. The normalized spacial score (nSPS) is 10.6. The summed E-state index contributed by atoms with van der Waals surface area (Å²) in [5.41, 5.74) is 5.84. The number of nitrogen functional groups attached to an aromatic ring is 1. The predicted octanol–water partition coefficient (Wildman–Crippen LogP) is 3.22. The van der Waals surface area contributed by atoms with Crippen LogP contribution in [0.2, 0.25) is 0 Å². The maximum absolute atomic E-state index is 12.3. The van der Waals surface area contributed by atoms with Crippen LogP contribution in [0.1, 0.15) is 37.4 Å². The van der Waals surface area contributed by atoms with Crippen LogP contribution in [0, 0.1) is 13.8 Å². The van der Waals surface area contributed by atoms with E-state index in [2.05, 4.69) is 4.98 Å². The van der Waals surface area contributed by atoms with E-state index in [0.29, 0.717) is 17.1 Å². The molecule has 0 saturated carbocycles. The minimum atomic E-state index is -1.58. The number of carboxylic acids is 2. The monoisotopic (exact) mass is 438 g/mol. The lowest BCUT2D eigenvalue weighted by atomic mass is 9.94. The van der Waals surface area contributed by atoms with Gasteiger partial charge in [0.1, 0.15) is 35.1 Å². The molecule has 0 spiro atoms. The molecule has 9 heteroatoms. The Morgan fingerprint density at radius 1 is 1.00 bits per heavy atom. The van der Waals surface area contributed by atoms with Crippen LogP contribution in [-0.4, -0.2) is 34.2 Å². The number of nitrogens with one attached hydrogen (secondary N) is 1. The van der Waals surface area contributed by atoms with Crippen molar-refractivity contribution in [3.63, 3.8) is 0 Å². The van der Waals surface area contributed by atoms with Gasteiger partial charge in [-0.2, -0.15) is 0 Å². The van der Waals surface area contributed by atoms with Crippen LogP contribution < -0.4 is 20.8 Å². The van der Waals surface area contributed by atoms with Crippen LogP contribution >= 0.6 is 0 Å². The molecule has 0 amide bonds. The number of pyridine rings is 1. The summed E-state index contributed by atoms with van der Waals surface area (Å²) >= 11 is 0. The van der Waals surface area contributed by atoms with Gasteiger partial charge in [0.25, 0.3) is 5.56 Å². The third-order valence-corrected chi connectivity index (χ3v) is 4.97. The zero-order valence-electron chi connectivity index (χ0n) is 17.7. The lowest BCUT2D eigenvalue weighted by Gasteiger charge is -2.16. The number of H-pyrrole nitrogens is 1. The number of benzene rings is 2. The maximum Gasteiger partial charge on any atom is 0.342 e. The molecular formula is C23H22N2O7. The van der Waals surface area contributed by atoms with Gasteiger partial charge >= 0.3 is 11.9 Å². The van der Waals surface area contributed by atoms with Crippen molar-refractivity contribution in [2.45, 2.75) is 20.5 Å². The molecule has 1 aromatic heterocycles. The summed E-state index contributed by atoms with van der Waals surface area (Å²) in [4.78, 5) is 38.0. The van der Waals surface area contributed by atoms with E-state index >= 15 is 0 Å². The number of hydrogen-bond acceptors (Lipinski definition) is 6. The Labute approximate surface area is 183 Å². The van der Waals surface area contributed by atoms with E-state index in [1.165, 1.54) is 19.2 Å². The topological polar surface area (TPSA) is 152 Å². The Bertz CT molecular complexity index is 1280. The van der Waals surface area contributed by atoms with Gasteiger partial charge in [0.2, 0.25) is 0 Å². The summed E-state index contributed by atoms with van der Waals surface area (Å²) in [6.07, 6.45) is 0. The highest BCUT2D eigenvalue weighted by atomic mass is 16.5. The first-order chi connectivity index (χ1) is 15.1. The molecule has 0 aliphatic carbocycles. The van der Waals surface area contributed by atoms with Gasteiger partial charge in [0.05, 0.1) is 7.11 Å². The molecule has 3 rings (SSSR count). The quantitative estimate of drug-likeness (QED) is 0.439. The van der Waals surface area contributed by atoms with E-state index in [1.54, 1.807) is 6.07 Å². The number of carbonyl (C=O) groups is 2. The van der Waals surface area contributed by atoms with Gasteiger partial charge in [0.15, 0.2) is 0 Å². The van der Waals surface area contributed by atoms with Gasteiger partial charge in [-0.05, 0) is 48.7 Å². The molecule has 166 valence electrons. The van der Waals surface area contributed by atoms with Crippen molar-refractivity contribution >= 4 is 17.8 Å². The highest BCUT2D eigenvalue weighted by molar-refractivity contribution is 6.07. The number of rotatable bonds is 7. The number of nitrogens with two attached hydrogens (primary N) is 1. The van der Waals surface area contributed by atoms with Crippen molar-refractivity contribution in [3.05, 3.63) is 74.6 Å². The minimum Gasteiger partial charge on any atom is -0.496 e. The van der Waals surface area contributed by atoms with Gasteiger partial charge in [-0.25, -0.2) is 9.59 Å². The summed E-state index contributed by atoms with van der Waals surface area (Å²) in [6.45, 7) is 3.90. The summed E-state index contributed by atoms with van der Waals surface area (Å²) < 4.78 is 11.3. The van der Waals surface area contributed by atoms with Crippen molar-refractivity contribution in [1.29, 1.82) is 0 Å². The summed E-state index contributed by atoms with van der Waals surface area (Å²) in [6, 6.07) is 10.3. The number of hydrogen-bond donors (Lipinski definition) is 4. The third kappa shape index (κ3) is 4.27. The third-order valence-electron chi connectivity index (χ3n) is 4.97.